The van der Waals surface area contributed by atoms with Gasteiger partial charge in [0.25, 0.3) is 0 Å². The van der Waals surface area contributed by atoms with Crippen LogP contribution in [0.2, 0.25) is 0 Å². The Balaban J connectivity index is 2.14. The van der Waals surface area contributed by atoms with Gasteiger partial charge in [0.15, 0.2) is 5.82 Å². The van der Waals surface area contributed by atoms with E-state index in [1.807, 2.05) is 32.0 Å². The molecule has 2 aromatic rings. The van der Waals surface area contributed by atoms with Crippen LogP contribution in [0.15, 0.2) is 30.3 Å². The summed E-state index contributed by atoms with van der Waals surface area (Å²) in [5.41, 5.74) is 3.34. The van der Waals surface area contributed by atoms with Crippen LogP contribution in [0.3, 0.4) is 0 Å². The van der Waals surface area contributed by atoms with Crippen molar-refractivity contribution in [2.75, 3.05) is 23.5 Å². The molecule has 0 unspecified atom stereocenters. The molecule has 0 saturated carbocycles. The zero-order valence-electron chi connectivity index (χ0n) is 10.9. The van der Waals surface area contributed by atoms with Gasteiger partial charge in [-0.2, -0.15) is 0 Å². The molecule has 0 N–H and O–H groups in total. The first-order valence-corrected chi connectivity index (χ1v) is 6.06. The molecule has 0 amide bonds. The van der Waals surface area contributed by atoms with E-state index in [2.05, 4.69) is 38.9 Å². The molecule has 2 heterocycles. The van der Waals surface area contributed by atoms with E-state index in [-0.39, 0.29) is 0 Å². The van der Waals surface area contributed by atoms with Crippen molar-refractivity contribution in [1.29, 1.82) is 0 Å². The minimum Gasteiger partial charge on any atom is -0.352 e. The lowest BCUT2D eigenvalue weighted by molar-refractivity contribution is 0.941. The number of hydrogen-bond acceptors (Lipinski definition) is 4. The lowest BCUT2D eigenvalue weighted by atomic mass is 10.3. The number of fused-ring (bicyclic) bond motifs is 1. The number of anilines is 3. The third-order valence-electron chi connectivity index (χ3n) is 3.21. The van der Waals surface area contributed by atoms with Crippen molar-refractivity contribution in [1.82, 2.24) is 9.97 Å². The summed E-state index contributed by atoms with van der Waals surface area (Å²) in [6, 6.07) is 10.3. The molecule has 1 aromatic carbocycles. The summed E-state index contributed by atoms with van der Waals surface area (Å²) in [7, 11) is 2.08. The molecule has 18 heavy (non-hydrogen) atoms. The van der Waals surface area contributed by atoms with Gasteiger partial charge in [-0.05, 0) is 26.0 Å². The van der Waals surface area contributed by atoms with Gasteiger partial charge < -0.3 is 9.80 Å². The van der Waals surface area contributed by atoms with Crippen LogP contribution in [0.5, 0.6) is 0 Å². The fraction of sp³-hybridized carbons (Fsp3) is 0.286. The van der Waals surface area contributed by atoms with E-state index in [9.17, 15) is 0 Å². The van der Waals surface area contributed by atoms with Crippen LogP contribution in [-0.2, 0) is 0 Å². The van der Waals surface area contributed by atoms with E-state index < -0.39 is 0 Å². The summed E-state index contributed by atoms with van der Waals surface area (Å²) in [4.78, 5) is 13.5. The number of hydrogen-bond donors (Lipinski definition) is 0. The summed E-state index contributed by atoms with van der Waals surface area (Å²) in [6.07, 6.45) is 0. The van der Waals surface area contributed by atoms with Crippen molar-refractivity contribution in [3.05, 3.63) is 41.9 Å². The van der Waals surface area contributed by atoms with E-state index in [0.717, 1.165) is 29.7 Å². The first-order chi connectivity index (χ1) is 8.66. The number of aryl methyl sites for hydroxylation is 2. The quantitative estimate of drug-likeness (QED) is 0.767. The van der Waals surface area contributed by atoms with E-state index in [4.69, 9.17) is 0 Å². The average Bonchev–Trinajstić information content (AvgIpc) is 2.67. The predicted octanol–water partition coefficient (Wildman–Crippen LogP) is 2.64. The molecule has 1 aromatic heterocycles. The Kier molecular flexibility index (Phi) is 2.44. The molecular formula is C14H16N4. The van der Waals surface area contributed by atoms with E-state index in [1.165, 1.54) is 5.69 Å². The van der Waals surface area contributed by atoms with Crippen molar-refractivity contribution in [3.8, 4) is 0 Å². The standard InChI is InChI=1S/C14H16N4/c1-10-13-14(16-11(2)15-10)18(9-17(13)3)12-7-5-4-6-8-12/h4-8H,9H2,1-3H3. The molecule has 0 saturated heterocycles. The molecule has 1 aliphatic rings. The Morgan fingerprint density at radius 2 is 1.78 bits per heavy atom. The highest BCUT2D eigenvalue weighted by Crippen LogP contribution is 2.39. The van der Waals surface area contributed by atoms with Crippen molar-refractivity contribution in [2.24, 2.45) is 0 Å². The van der Waals surface area contributed by atoms with Crippen LogP contribution in [0.1, 0.15) is 11.5 Å². The molecule has 0 radical (unpaired) electrons. The predicted molar refractivity (Wildman–Crippen MR) is 73.4 cm³/mol. The number of aromatic nitrogens is 2. The van der Waals surface area contributed by atoms with E-state index >= 15 is 0 Å². The number of para-hydroxylation sites is 1. The Morgan fingerprint density at radius 1 is 1.06 bits per heavy atom. The molecule has 4 heteroatoms. The Morgan fingerprint density at radius 3 is 2.50 bits per heavy atom. The maximum Gasteiger partial charge on any atom is 0.162 e. The first-order valence-electron chi connectivity index (χ1n) is 6.06. The largest absolute Gasteiger partial charge is 0.352 e. The van der Waals surface area contributed by atoms with Crippen molar-refractivity contribution >= 4 is 17.2 Å². The Labute approximate surface area is 107 Å². The Hall–Kier alpha value is -2.10. The second kappa shape index (κ2) is 3.98. The van der Waals surface area contributed by atoms with Gasteiger partial charge in [0, 0.05) is 12.7 Å². The lowest BCUT2D eigenvalue weighted by Crippen LogP contribution is -2.24. The highest BCUT2D eigenvalue weighted by atomic mass is 15.4. The summed E-state index contributed by atoms with van der Waals surface area (Å²) in [5, 5.41) is 0. The van der Waals surface area contributed by atoms with Crippen molar-refractivity contribution in [3.63, 3.8) is 0 Å². The molecular weight excluding hydrogens is 224 g/mol. The highest BCUT2D eigenvalue weighted by molar-refractivity contribution is 5.80. The highest BCUT2D eigenvalue weighted by Gasteiger charge is 2.28. The number of benzene rings is 1. The van der Waals surface area contributed by atoms with Gasteiger partial charge in [-0.1, -0.05) is 18.2 Å². The first kappa shape index (κ1) is 11.0. The lowest BCUT2D eigenvalue weighted by Gasteiger charge is -2.18. The molecule has 92 valence electrons. The number of nitrogens with zero attached hydrogens (tertiary/aromatic N) is 4. The van der Waals surface area contributed by atoms with Crippen LogP contribution < -0.4 is 9.80 Å². The van der Waals surface area contributed by atoms with Crippen LogP contribution >= 0.6 is 0 Å². The summed E-state index contributed by atoms with van der Waals surface area (Å²) >= 11 is 0. The fourth-order valence-corrected chi connectivity index (χ4v) is 2.49. The third kappa shape index (κ3) is 1.61. The number of rotatable bonds is 1. The van der Waals surface area contributed by atoms with Crippen molar-refractivity contribution in [2.45, 2.75) is 13.8 Å². The van der Waals surface area contributed by atoms with Gasteiger partial charge in [0.05, 0.1) is 12.4 Å². The van der Waals surface area contributed by atoms with Crippen molar-refractivity contribution < 1.29 is 0 Å². The van der Waals surface area contributed by atoms with Gasteiger partial charge in [-0.25, -0.2) is 9.97 Å². The normalized spacial score (nSPS) is 13.9. The zero-order valence-corrected chi connectivity index (χ0v) is 10.9. The molecule has 0 aliphatic carbocycles. The summed E-state index contributed by atoms with van der Waals surface area (Å²) in [6.45, 7) is 4.80. The van der Waals surface area contributed by atoms with Gasteiger partial charge >= 0.3 is 0 Å². The minimum atomic E-state index is 0.818. The van der Waals surface area contributed by atoms with Crippen LogP contribution in [0.25, 0.3) is 0 Å². The zero-order chi connectivity index (χ0) is 12.7. The van der Waals surface area contributed by atoms with Gasteiger partial charge in [0.2, 0.25) is 0 Å². The molecule has 0 spiro atoms. The Bertz CT molecular complexity index is 580. The topological polar surface area (TPSA) is 32.3 Å². The molecule has 4 nitrogen and oxygen atoms in total. The maximum absolute atomic E-state index is 4.60. The average molecular weight is 240 g/mol. The van der Waals surface area contributed by atoms with Gasteiger partial charge in [-0.3, -0.25) is 0 Å². The third-order valence-corrected chi connectivity index (χ3v) is 3.21. The second-order valence-corrected chi connectivity index (χ2v) is 4.63. The van der Waals surface area contributed by atoms with Crippen LogP contribution in [0, 0.1) is 13.8 Å². The summed E-state index contributed by atoms with van der Waals surface area (Å²) in [5.74, 6) is 1.83. The molecule has 0 bridgehead atoms. The molecule has 0 atom stereocenters. The molecule has 3 rings (SSSR count). The van der Waals surface area contributed by atoms with Crippen LogP contribution in [0.4, 0.5) is 17.2 Å². The van der Waals surface area contributed by atoms with Crippen LogP contribution in [-0.4, -0.2) is 23.7 Å². The maximum atomic E-state index is 4.60. The minimum absolute atomic E-state index is 0.818. The SMILES string of the molecule is Cc1nc(C)c2c(n1)N(c1ccccc1)CN2C. The summed E-state index contributed by atoms with van der Waals surface area (Å²) < 4.78 is 0. The smallest absolute Gasteiger partial charge is 0.162 e. The van der Waals surface area contributed by atoms with Gasteiger partial charge in [0.1, 0.15) is 11.5 Å². The molecule has 1 aliphatic heterocycles. The second-order valence-electron chi connectivity index (χ2n) is 4.63. The van der Waals surface area contributed by atoms with E-state index in [1.54, 1.807) is 0 Å². The molecule has 0 fully saturated rings. The monoisotopic (exact) mass is 240 g/mol. The van der Waals surface area contributed by atoms with Gasteiger partial charge in [-0.15, -0.1) is 0 Å². The fourth-order valence-electron chi connectivity index (χ4n) is 2.49. The van der Waals surface area contributed by atoms with E-state index in [0.29, 0.717) is 0 Å².